The molecule has 48 heavy (non-hydrogen) atoms. The van der Waals surface area contributed by atoms with E-state index in [1.165, 1.54) is 12.1 Å². The Morgan fingerprint density at radius 2 is 1.02 bits per heavy atom. The third-order valence-corrected chi connectivity index (χ3v) is 5.07. The fraction of sp³-hybridized carbons (Fsp3) is 0.562. The number of nitrogens with zero attached hydrogens (tertiary/aromatic N) is 2. The third-order valence-electron chi connectivity index (χ3n) is 5.07. The highest BCUT2D eigenvalue weighted by molar-refractivity contribution is 5.92. The second-order valence-corrected chi connectivity index (χ2v) is 11.7. The van der Waals surface area contributed by atoms with Crippen LogP contribution in [0.5, 0.6) is 11.5 Å². The van der Waals surface area contributed by atoms with Crippen LogP contribution in [0.15, 0.2) is 24.3 Å². The molecule has 0 fully saturated rings. The Hall–Kier alpha value is -4.70. The number of carbonyl (C=O) groups excluding carboxylic acids is 4. The summed E-state index contributed by atoms with van der Waals surface area (Å²) in [6.07, 6.45) is -1.08. The Morgan fingerprint density at radius 1 is 0.646 bits per heavy atom. The smallest absolute Gasteiger partial charge is 0.407 e. The van der Waals surface area contributed by atoms with Gasteiger partial charge in [0.15, 0.2) is 11.4 Å². The maximum atomic E-state index is 11.9. The maximum Gasteiger partial charge on any atom is 0.407 e. The Balaban J connectivity index is 0.000000495. The molecule has 0 saturated carbocycles. The fourth-order valence-corrected chi connectivity index (χ4v) is 3.34. The normalized spacial score (nSPS) is 10.9. The molecule has 4 N–H and O–H groups in total. The molecule has 0 aromatic carbocycles. The van der Waals surface area contributed by atoms with Gasteiger partial charge in [0.1, 0.15) is 35.9 Å². The van der Waals surface area contributed by atoms with Crippen molar-refractivity contribution in [3.05, 3.63) is 47.0 Å². The van der Waals surface area contributed by atoms with Gasteiger partial charge in [0.2, 0.25) is 0 Å². The van der Waals surface area contributed by atoms with E-state index in [0.29, 0.717) is 17.1 Å². The number of rotatable bonds is 14. The van der Waals surface area contributed by atoms with E-state index in [0.717, 1.165) is 0 Å². The van der Waals surface area contributed by atoms with Gasteiger partial charge in [0, 0.05) is 24.3 Å². The molecule has 16 heteroatoms. The van der Waals surface area contributed by atoms with E-state index >= 15 is 0 Å². The van der Waals surface area contributed by atoms with Gasteiger partial charge in [0.05, 0.1) is 50.9 Å². The molecule has 2 heterocycles. The summed E-state index contributed by atoms with van der Waals surface area (Å²) in [6.45, 7) is 14.6. The summed E-state index contributed by atoms with van der Waals surface area (Å²) in [5, 5.41) is 23.2. The van der Waals surface area contributed by atoms with Crippen molar-refractivity contribution >= 4 is 24.1 Å². The molecule has 0 aliphatic carbocycles. The van der Waals surface area contributed by atoms with Crippen molar-refractivity contribution < 1.29 is 57.8 Å². The third kappa shape index (κ3) is 17.9. The molecular weight excluding hydrogens is 632 g/mol. The van der Waals surface area contributed by atoms with Crippen LogP contribution in [0.1, 0.15) is 87.8 Å². The van der Waals surface area contributed by atoms with E-state index in [2.05, 4.69) is 20.6 Å². The minimum Gasteiger partial charge on any atom is -0.492 e. The quantitative estimate of drug-likeness (QED) is 0.128. The maximum absolute atomic E-state index is 11.9. The monoisotopic (exact) mass is 680 g/mol. The van der Waals surface area contributed by atoms with E-state index < -0.39 is 35.3 Å². The fourth-order valence-electron chi connectivity index (χ4n) is 3.34. The average Bonchev–Trinajstić information content (AvgIpc) is 3.00. The summed E-state index contributed by atoms with van der Waals surface area (Å²) in [4.78, 5) is 54.8. The second-order valence-electron chi connectivity index (χ2n) is 11.7. The van der Waals surface area contributed by atoms with Crippen LogP contribution in [0, 0.1) is 0 Å². The molecule has 16 nitrogen and oxygen atoms in total. The SMILES string of the molecule is CC(C)(C)OC(=O)NCCOc1cc(CO)nc(CO)c1.CCOC(=O)c1cc(OCCNC(=O)OC(C)(C)C)cc(C(=O)OCC)n1. The average molecular weight is 681 g/mol. The highest BCUT2D eigenvalue weighted by Crippen LogP contribution is 2.17. The topological polar surface area (TPSA) is 214 Å². The Labute approximate surface area is 280 Å². The van der Waals surface area contributed by atoms with Crippen LogP contribution in [-0.4, -0.2) is 95.0 Å². The van der Waals surface area contributed by atoms with E-state index in [9.17, 15) is 19.2 Å². The first-order valence-electron chi connectivity index (χ1n) is 15.3. The van der Waals surface area contributed by atoms with Gasteiger partial charge in [-0.15, -0.1) is 0 Å². The van der Waals surface area contributed by atoms with Crippen LogP contribution in [0.25, 0.3) is 0 Å². The molecule has 0 aliphatic rings. The molecule has 0 saturated heterocycles. The van der Waals surface area contributed by atoms with Gasteiger partial charge < -0.3 is 49.3 Å². The van der Waals surface area contributed by atoms with Crippen LogP contribution in [0.2, 0.25) is 0 Å². The first kappa shape index (κ1) is 41.3. The van der Waals surface area contributed by atoms with Crippen molar-refractivity contribution in [2.75, 3.05) is 39.5 Å². The lowest BCUT2D eigenvalue weighted by atomic mass is 10.2. The largest absolute Gasteiger partial charge is 0.492 e. The Morgan fingerprint density at radius 3 is 1.35 bits per heavy atom. The van der Waals surface area contributed by atoms with Gasteiger partial charge in [-0.2, -0.15) is 0 Å². The summed E-state index contributed by atoms with van der Waals surface area (Å²) < 4.78 is 30.9. The van der Waals surface area contributed by atoms with Crippen molar-refractivity contribution in [1.29, 1.82) is 0 Å². The summed E-state index contributed by atoms with van der Waals surface area (Å²) in [6, 6.07) is 5.86. The number of aromatic nitrogens is 2. The van der Waals surface area contributed by atoms with Crippen LogP contribution in [-0.2, 0) is 32.2 Å². The Bertz CT molecular complexity index is 1280. The predicted octanol–water partition coefficient (Wildman–Crippen LogP) is 3.31. The molecule has 268 valence electrons. The molecular formula is C32H48N4O12. The summed E-state index contributed by atoms with van der Waals surface area (Å²) in [5.74, 6) is -0.660. The van der Waals surface area contributed by atoms with Gasteiger partial charge in [-0.25, -0.2) is 24.2 Å². The molecule has 0 bridgehead atoms. The number of nitrogens with one attached hydrogen (secondary N) is 2. The lowest BCUT2D eigenvalue weighted by Crippen LogP contribution is -2.34. The first-order valence-corrected chi connectivity index (χ1v) is 15.3. The molecule has 2 rings (SSSR count). The van der Waals surface area contributed by atoms with Crippen LogP contribution >= 0.6 is 0 Å². The van der Waals surface area contributed by atoms with E-state index in [1.54, 1.807) is 67.5 Å². The van der Waals surface area contributed by atoms with Crippen LogP contribution in [0.3, 0.4) is 0 Å². The summed E-state index contributed by atoms with van der Waals surface area (Å²) >= 11 is 0. The van der Waals surface area contributed by atoms with Gasteiger partial charge >= 0.3 is 24.1 Å². The predicted molar refractivity (Wildman–Crippen MR) is 172 cm³/mol. The number of amides is 2. The van der Waals surface area contributed by atoms with Crippen molar-refractivity contribution in [1.82, 2.24) is 20.6 Å². The van der Waals surface area contributed by atoms with Crippen LogP contribution < -0.4 is 20.1 Å². The standard InChI is InChI=1S/C18H26N2O7.C14H22N2O5/c1-6-24-15(21)13-10-12(11-14(20-13)16(22)25-7-2)26-9-8-19-17(23)27-18(3,4)5;1-14(2,3)21-13(19)15-4-5-20-12-6-10(8-17)16-11(7-12)9-18/h10-11H,6-9H2,1-5H3,(H,19,23);6-7,17-18H,4-5,8-9H2,1-3H3,(H,15,19). The van der Waals surface area contributed by atoms with Gasteiger partial charge in [0.25, 0.3) is 0 Å². The minimum absolute atomic E-state index is 0.0718. The van der Waals surface area contributed by atoms with Crippen molar-refractivity contribution in [2.45, 2.75) is 79.8 Å². The number of esters is 2. The van der Waals surface area contributed by atoms with E-state index in [-0.39, 0.29) is 69.9 Å². The number of aliphatic hydroxyl groups excluding tert-OH is 2. The number of alkyl carbamates (subject to hydrolysis) is 2. The zero-order valence-electron chi connectivity index (χ0n) is 28.8. The van der Waals surface area contributed by atoms with Gasteiger partial charge in [-0.05, 0) is 55.4 Å². The molecule has 2 aromatic heterocycles. The van der Waals surface area contributed by atoms with Gasteiger partial charge in [-0.1, -0.05) is 0 Å². The summed E-state index contributed by atoms with van der Waals surface area (Å²) in [7, 11) is 0. The van der Waals surface area contributed by atoms with Crippen molar-refractivity contribution in [2.24, 2.45) is 0 Å². The van der Waals surface area contributed by atoms with E-state index in [4.69, 9.17) is 38.6 Å². The van der Waals surface area contributed by atoms with Crippen molar-refractivity contribution in [3.8, 4) is 11.5 Å². The zero-order valence-corrected chi connectivity index (χ0v) is 28.8. The lowest BCUT2D eigenvalue weighted by molar-refractivity contribution is 0.0499. The molecule has 2 aromatic rings. The Kier molecular flexibility index (Phi) is 17.7. The molecule has 2 amide bonds. The second kappa shape index (κ2) is 20.5. The van der Waals surface area contributed by atoms with Gasteiger partial charge in [-0.3, -0.25) is 4.98 Å². The molecule has 0 radical (unpaired) electrons. The number of hydrogen-bond donors (Lipinski definition) is 4. The molecule has 0 atom stereocenters. The highest BCUT2D eigenvalue weighted by Gasteiger charge is 2.19. The minimum atomic E-state index is -0.680. The first-order chi connectivity index (χ1) is 22.5. The zero-order chi connectivity index (χ0) is 36.3. The van der Waals surface area contributed by atoms with Crippen LogP contribution in [0.4, 0.5) is 9.59 Å². The highest BCUT2D eigenvalue weighted by atomic mass is 16.6. The molecule has 0 unspecified atom stereocenters. The number of carbonyl (C=O) groups is 4. The van der Waals surface area contributed by atoms with Crippen molar-refractivity contribution in [3.63, 3.8) is 0 Å². The molecule has 0 aliphatic heterocycles. The summed E-state index contributed by atoms with van der Waals surface area (Å²) in [5.41, 5.74) is -0.454. The number of hydrogen-bond acceptors (Lipinski definition) is 14. The lowest BCUT2D eigenvalue weighted by Gasteiger charge is -2.19. The molecule has 0 spiro atoms. The number of aliphatic hydroxyl groups is 2. The number of pyridine rings is 2. The number of ether oxygens (including phenoxy) is 6. The van der Waals surface area contributed by atoms with E-state index in [1.807, 2.05) is 0 Å².